The third-order valence-corrected chi connectivity index (χ3v) is 4.10. The number of hydrogen-bond donors (Lipinski definition) is 1. The Morgan fingerprint density at radius 3 is 2.75 bits per heavy atom. The first-order valence-electron chi connectivity index (χ1n) is 5.12. The second-order valence-electron chi connectivity index (χ2n) is 4.40. The zero-order valence-corrected chi connectivity index (χ0v) is 9.70. The molecule has 2 fully saturated rings. The van der Waals surface area contributed by atoms with E-state index >= 15 is 0 Å². The van der Waals surface area contributed by atoms with E-state index in [2.05, 4.69) is 0 Å². The molecule has 0 bridgehead atoms. The van der Waals surface area contributed by atoms with Crippen LogP contribution in [-0.2, 0) is 24.4 Å². The molecule has 2 aliphatic heterocycles. The van der Waals surface area contributed by atoms with Crippen LogP contribution in [-0.4, -0.2) is 43.0 Å². The lowest BCUT2D eigenvalue weighted by molar-refractivity contribution is -0.153. The number of ether oxygens (including phenoxy) is 2. The van der Waals surface area contributed by atoms with E-state index in [9.17, 15) is 13.2 Å². The Bertz CT molecular complexity index is 402. The fraction of sp³-hybridized carbons (Fsp3) is 0.889. The fourth-order valence-corrected chi connectivity index (χ4v) is 3.14. The number of rotatable bonds is 2. The van der Waals surface area contributed by atoms with Crippen LogP contribution in [0.1, 0.15) is 19.8 Å². The standard InChI is InChI=1S/C9H14O6S/c1-6-9(2-3-14-6)4-7(8(10)15-9)5-16(11,12)13/h6-7H,2-5H2,1H3,(H,11,12,13). The van der Waals surface area contributed by atoms with E-state index in [1.807, 2.05) is 0 Å². The highest BCUT2D eigenvalue weighted by Crippen LogP contribution is 2.41. The maximum absolute atomic E-state index is 11.5. The van der Waals surface area contributed by atoms with E-state index in [4.69, 9.17) is 14.0 Å². The van der Waals surface area contributed by atoms with Crippen LogP contribution in [0, 0.1) is 5.92 Å². The van der Waals surface area contributed by atoms with Gasteiger partial charge in [-0.15, -0.1) is 0 Å². The van der Waals surface area contributed by atoms with Crippen molar-refractivity contribution in [2.45, 2.75) is 31.5 Å². The van der Waals surface area contributed by atoms with Crippen molar-refractivity contribution in [2.24, 2.45) is 5.92 Å². The summed E-state index contributed by atoms with van der Waals surface area (Å²) in [6.07, 6.45) is 0.664. The number of esters is 1. The van der Waals surface area contributed by atoms with Crippen LogP contribution in [0.2, 0.25) is 0 Å². The van der Waals surface area contributed by atoms with Gasteiger partial charge >= 0.3 is 5.97 Å². The first kappa shape index (κ1) is 11.8. The van der Waals surface area contributed by atoms with E-state index in [0.717, 1.165) is 0 Å². The lowest BCUT2D eigenvalue weighted by Gasteiger charge is -2.24. The van der Waals surface area contributed by atoms with Gasteiger partial charge in [-0.1, -0.05) is 0 Å². The van der Waals surface area contributed by atoms with Gasteiger partial charge < -0.3 is 9.47 Å². The van der Waals surface area contributed by atoms with Gasteiger partial charge in [0.15, 0.2) is 0 Å². The Balaban J connectivity index is 2.13. The van der Waals surface area contributed by atoms with Crippen LogP contribution < -0.4 is 0 Å². The Morgan fingerprint density at radius 2 is 2.25 bits per heavy atom. The van der Waals surface area contributed by atoms with Gasteiger partial charge in [-0.05, 0) is 6.92 Å². The zero-order valence-electron chi connectivity index (χ0n) is 8.88. The molecular weight excluding hydrogens is 236 g/mol. The molecule has 0 aromatic carbocycles. The van der Waals surface area contributed by atoms with Gasteiger partial charge in [-0.25, -0.2) is 0 Å². The maximum Gasteiger partial charge on any atom is 0.310 e. The molecule has 2 saturated heterocycles. The molecule has 0 aromatic rings. The monoisotopic (exact) mass is 250 g/mol. The van der Waals surface area contributed by atoms with Gasteiger partial charge in [-0.3, -0.25) is 9.35 Å². The molecule has 0 amide bonds. The Kier molecular flexibility index (Phi) is 2.72. The summed E-state index contributed by atoms with van der Waals surface area (Å²) in [5, 5.41) is 0. The van der Waals surface area contributed by atoms with E-state index in [0.29, 0.717) is 19.4 Å². The van der Waals surface area contributed by atoms with Crippen LogP contribution in [0.15, 0.2) is 0 Å². The highest BCUT2D eigenvalue weighted by Gasteiger charge is 2.54. The van der Waals surface area contributed by atoms with Gasteiger partial charge in [0.05, 0.1) is 24.4 Å². The summed E-state index contributed by atoms with van der Waals surface area (Å²) in [6, 6.07) is 0. The Labute approximate surface area is 93.7 Å². The SMILES string of the molecule is CC1OCCC12CC(CS(=O)(=O)O)C(=O)O2. The molecule has 0 radical (unpaired) electrons. The van der Waals surface area contributed by atoms with Gasteiger partial charge in [-0.2, -0.15) is 8.42 Å². The van der Waals surface area contributed by atoms with Crippen LogP contribution >= 0.6 is 0 Å². The fourth-order valence-electron chi connectivity index (χ4n) is 2.37. The van der Waals surface area contributed by atoms with Gasteiger partial charge in [0, 0.05) is 12.8 Å². The molecule has 0 aromatic heterocycles. The van der Waals surface area contributed by atoms with Crippen molar-refractivity contribution in [3.63, 3.8) is 0 Å². The second-order valence-corrected chi connectivity index (χ2v) is 5.90. The van der Waals surface area contributed by atoms with Crippen LogP contribution in [0.3, 0.4) is 0 Å². The van der Waals surface area contributed by atoms with Gasteiger partial charge in [0.2, 0.25) is 0 Å². The van der Waals surface area contributed by atoms with Crippen molar-refractivity contribution >= 4 is 16.1 Å². The summed E-state index contributed by atoms with van der Waals surface area (Å²) in [7, 11) is -4.15. The molecule has 7 heteroatoms. The molecule has 2 rings (SSSR count). The summed E-state index contributed by atoms with van der Waals surface area (Å²) in [5.41, 5.74) is -0.688. The molecule has 1 N–H and O–H groups in total. The van der Waals surface area contributed by atoms with E-state index in [1.54, 1.807) is 6.92 Å². The minimum absolute atomic E-state index is 0.220. The van der Waals surface area contributed by atoms with E-state index < -0.39 is 33.4 Å². The summed E-state index contributed by atoms with van der Waals surface area (Å²) in [4.78, 5) is 11.5. The van der Waals surface area contributed by atoms with Crippen molar-refractivity contribution in [2.75, 3.05) is 12.4 Å². The maximum atomic E-state index is 11.5. The quantitative estimate of drug-likeness (QED) is 0.547. The average molecular weight is 250 g/mol. The average Bonchev–Trinajstić information content (AvgIpc) is 2.58. The summed E-state index contributed by atoms with van der Waals surface area (Å²) in [5.74, 6) is -1.91. The summed E-state index contributed by atoms with van der Waals surface area (Å²) < 4.78 is 40.8. The Morgan fingerprint density at radius 1 is 1.56 bits per heavy atom. The van der Waals surface area contributed by atoms with Crippen LogP contribution in [0.5, 0.6) is 0 Å². The predicted octanol–water partition coefficient (Wildman–Crippen LogP) is -0.0151. The van der Waals surface area contributed by atoms with Crippen molar-refractivity contribution in [3.05, 3.63) is 0 Å². The largest absolute Gasteiger partial charge is 0.456 e. The van der Waals surface area contributed by atoms with Crippen molar-refractivity contribution < 1.29 is 27.2 Å². The molecule has 1 spiro atoms. The molecule has 16 heavy (non-hydrogen) atoms. The number of carbonyl (C=O) groups excluding carboxylic acids is 1. The van der Waals surface area contributed by atoms with E-state index in [1.165, 1.54) is 0 Å². The first-order valence-corrected chi connectivity index (χ1v) is 6.73. The molecule has 0 aliphatic carbocycles. The minimum Gasteiger partial charge on any atom is -0.456 e. The third-order valence-electron chi connectivity index (χ3n) is 3.27. The van der Waals surface area contributed by atoms with Crippen molar-refractivity contribution in [1.82, 2.24) is 0 Å². The normalized spacial score (nSPS) is 39.2. The molecule has 0 saturated carbocycles. The highest BCUT2D eigenvalue weighted by atomic mass is 32.2. The lowest BCUT2D eigenvalue weighted by Crippen LogP contribution is -2.36. The topological polar surface area (TPSA) is 89.9 Å². The molecule has 3 atom stereocenters. The lowest BCUT2D eigenvalue weighted by atomic mass is 9.89. The van der Waals surface area contributed by atoms with E-state index in [-0.39, 0.29) is 6.10 Å². The third kappa shape index (κ3) is 2.07. The highest BCUT2D eigenvalue weighted by molar-refractivity contribution is 7.85. The summed E-state index contributed by atoms with van der Waals surface area (Å²) >= 11 is 0. The van der Waals surface area contributed by atoms with Crippen LogP contribution in [0.4, 0.5) is 0 Å². The van der Waals surface area contributed by atoms with Crippen molar-refractivity contribution in [3.8, 4) is 0 Å². The number of hydrogen-bond acceptors (Lipinski definition) is 5. The zero-order chi connectivity index (χ0) is 12.0. The molecule has 2 heterocycles. The predicted molar refractivity (Wildman–Crippen MR) is 53.4 cm³/mol. The molecule has 6 nitrogen and oxygen atoms in total. The number of carbonyl (C=O) groups is 1. The molecule has 3 unspecified atom stereocenters. The second kappa shape index (κ2) is 3.68. The van der Waals surface area contributed by atoms with Gasteiger partial charge in [0.25, 0.3) is 10.1 Å². The first-order chi connectivity index (χ1) is 7.32. The molecular formula is C9H14O6S. The molecule has 2 aliphatic rings. The smallest absolute Gasteiger partial charge is 0.310 e. The van der Waals surface area contributed by atoms with Crippen LogP contribution in [0.25, 0.3) is 0 Å². The van der Waals surface area contributed by atoms with Gasteiger partial charge in [0.1, 0.15) is 5.60 Å². The Hall–Kier alpha value is -0.660. The summed E-state index contributed by atoms with van der Waals surface area (Å²) in [6.45, 7) is 2.31. The van der Waals surface area contributed by atoms with Crippen molar-refractivity contribution in [1.29, 1.82) is 0 Å². The minimum atomic E-state index is -4.15. The molecule has 92 valence electrons.